The van der Waals surface area contributed by atoms with E-state index >= 15 is 0 Å². The average molecular weight is 394 g/mol. The molecule has 2 aliphatic carbocycles. The van der Waals surface area contributed by atoms with Gasteiger partial charge in [0.15, 0.2) is 5.65 Å². The second-order valence-electron chi connectivity index (χ2n) is 7.68. The fourth-order valence-corrected chi connectivity index (χ4v) is 4.78. The molecule has 1 fully saturated rings. The molecule has 5 rings (SSSR count). The summed E-state index contributed by atoms with van der Waals surface area (Å²) >= 11 is 6.48. The summed E-state index contributed by atoms with van der Waals surface area (Å²) in [5.74, 6) is 0.673. The van der Waals surface area contributed by atoms with Crippen molar-refractivity contribution in [2.24, 2.45) is 23.5 Å². The first-order valence-corrected chi connectivity index (χ1v) is 9.74. The fraction of sp³-hybridized carbons (Fsp3) is 0.286. The van der Waals surface area contributed by atoms with Crippen molar-refractivity contribution < 1.29 is 4.79 Å². The highest BCUT2D eigenvalue weighted by Gasteiger charge is 2.47. The maximum Gasteiger partial charge on any atom is 0.223 e. The zero-order valence-electron chi connectivity index (χ0n) is 15.3. The molecule has 4 N–H and O–H groups in total. The molecule has 0 spiro atoms. The number of anilines is 1. The van der Waals surface area contributed by atoms with Crippen LogP contribution in [0.4, 0.5) is 5.69 Å². The number of aromatic amines is 1. The Balaban J connectivity index is 1.57. The van der Waals surface area contributed by atoms with Gasteiger partial charge in [-0.05, 0) is 31.2 Å². The largest absolute Gasteiger partial charge is 0.378 e. The van der Waals surface area contributed by atoms with E-state index in [1.807, 2.05) is 25.1 Å². The second-order valence-corrected chi connectivity index (χ2v) is 8.09. The Morgan fingerprint density at radius 2 is 2.14 bits per heavy atom. The van der Waals surface area contributed by atoms with Crippen LogP contribution in [0.15, 0.2) is 42.6 Å². The predicted molar refractivity (Wildman–Crippen MR) is 110 cm³/mol. The number of aryl methyl sites for hydroxylation is 1. The highest BCUT2D eigenvalue weighted by Crippen LogP contribution is 2.46. The molecule has 1 saturated carbocycles. The SMILES string of the molecule is Cc1cccc(-c2nc3ncc(Cl)c(N[C@H]4[C@@H](C(N)=O)[C@@H]5C=C[C@H]4C5)c3[nH]2)c1. The Bertz CT molecular complexity index is 1120. The number of nitrogens with two attached hydrogens (primary N) is 1. The van der Waals surface area contributed by atoms with E-state index in [-0.39, 0.29) is 29.7 Å². The Labute approximate surface area is 167 Å². The number of imidazole rings is 1. The molecule has 28 heavy (non-hydrogen) atoms. The molecule has 0 saturated heterocycles. The van der Waals surface area contributed by atoms with Gasteiger partial charge in [0.05, 0.1) is 22.8 Å². The van der Waals surface area contributed by atoms with Crippen molar-refractivity contribution in [1.29, 1.82) is 0 Å². The number of allylic oxidation sites excluding steroid dienone is 1. The van der Waals surface area contributed by atoms with Crippen molar-refractivity contribution in [2.75, 3.05) is 5.32 Å². The molecular weight excluding hydrogens is 374 g/mol. The van der Waals surface area contributed by atoms with Crippen LogP contribution in [-0.2, 0) is 4.79 Å². The third kappa shape index (κ3) is 2.67. The number of rotatable bonds is 4. The van der Waals surface area contributed by atoms with Gasteiger partial charge in [-0.25, -0.2) is 9.97 Å². The highest BCUT2D eigenvalue weighted by molar-refractivity contribution is 6.34. The number of fused-ring (bicyclic) bond motifs is 3. The monoisotopic (exact) mass is 393 g/mol. The van der Waals surface area contributed by atoms with Crippen molar-refractivity contribution in [1.82, 2.24) is 15.0 Å². The van der Waals surface area contributed by atoms with Gasteiger partial charge in [-0.15, -0.1) is 0 Å². The topological polar surface area (TPSA) is 96.7 Å². The van der Waals surface area contributed by atoms with Crippen LogP contribution >= 0.6 is 11.6 Å². The first-order valence-electron chi connectivity index (χ1n) is 9.36. The Morgan fingerprint density at radius 1 is 1.32 bits per heavy atom. The van der Waals surface area contributed by atoms with Gasteiger partial charge in [0.1, 0.15) is 11.3 Å². The lowest BCUT2D eigenvalue weighted by Crippen LogP contribution is -2.41. The summed E-state index contributed by atoms with van der Waals surface area (Å²) in [4.78, 5) is 24.4. The van der Waals surface area contributed by atoms with Gasteiger partial charge < -0.3 is 16.0 Å². The smallest absolute Gasteiger partial charge is 0.223 e. The van der Waals surface area contributed by atoms with Gasteiger partial charge in [-0.1, -0.05) is 47.5 Å². The summed E-state index contributed by atoms with van der Waals surface area (Å²) in [5, 5.41) is 3.98. The summed E-state index contributed by atoms with van der Waals surface area (Å²) in [5.41, 5.74) is 9.87. The van der Waals surface area contributed by atoms with E-state index in [9.17, 15) is 4.79 Å². The number of pyridine rings is 1. The zero-order valence-corrected chi connectivity index (χ0v) is 16.1. The van der Waals surface area contributed by atoms with Crippen LogP contribution in [-0.4, -0.2) is 26.9 Å². The van der Waals surface area contributed by atoms with Gasteiger partial charge >= 0.3 is 0 Å². The number of nitrogens with zero attached hydrogens (tertiary/aromatic N) is 2. The van der Waals surface area contributed by atoms with Gasteiger partial charge in [0.25, 0.3) is 0 Å². The highest BCUT2D eigenvalue weighted by atomic mass is 35.5. The van der Waals surface area contributed by atoms with Crippen molar-refractivity contribution in [3.05, 3.63) is 53.2 Å². The molecule has 1 amide bonds. The third-order valence-corrected chi connectivity index (χ3v) is 6.15. The number of halogens is 1. The summed E-state index contributed by atoms with van der Waals surface area (Å²) in [6, 6.07) is 8.03. The maximum absolute atomic E-state index is 12.0. The lowest BCUT2D eigenvalue weighted by atomic mass is 9.88. The number of nitrogens with one attached hydrogen (secondary N) is 2. The van der Waals surface area contributed by atoms with Crippen LogP contribution in [0, 0.1) is 24.7 Å². The second kappa shape index (κ2) is 6.34. The van der Waals surface area contributed by atoms with Gasteiger partial charge in [0, 0.05) is 11.6 Å². The van der Waals surface area contributed by atoms with Gasteiger partial charge in [-0.3, -0.25) is 4.79 Å². The van der Waals surface area contributed by atoms with Gasteiger partial charge in [-0.2, -0.15) is 0 Å². The molecular formula is C21H20ClN5O. The molecule has 2 aliphatic rings. The van der Waals surface area contributed by atoms with Crippen LogP contribution in [0.25, 0.3) is 22.6 Å². The number of primary amides is 1. The van der Waals surface area contributed by atoms with Crippen LogP contribution in [0.5, 0.6) is 0 Å². The minimum absolute atomic E-state index is 0.0821. The molecule has 1 aromatic carbocycles. The molecule has 2 heterocycles. The third-order valence-electron chi connectivity index (χ3n) is 5.86. The number of hydrogen-bond acceptors (Lipinski definition) is 4. The summed E-state index contributed by atoms with van der Waals surface area (Å²) in [6.07, 6.45) is 6.80. The van der Waals surface area contributed by atoms with E-state index < -0.39 is 0 Å². The zero-order chi connectivity index (χ0) is 19.4. The number of amides is 1. The molecule has 0 unspecified atom stereocenters. The Morgan fingerprint density at radius 3 is 2.93 bits per heavy atom. The maximum atomic E-state index is 12.0. The summed E-state index contributed by atoms with van der Waals surface area (Å²) in [6.45, 7) is 2.04. The number of carbonyl (C=O) groups is 1. The van der Waals surface area contributed by atoms with E-state index in [1.165, 1.54) is 0 Å². The van der Waals surface area contributed by atoms with Crippen LogP contribution in [0.3, 0.4) is 0 Å². The van der Waals surface area contributed by atoms with Crippen LogP contribution < -0.4 is 11.1 Å². The van der Waals surface area contributed by atoms with E-state index in [1.54, 1.807) is 6.20 Å². The fourth-order valence-electron chi connectivity index (χ4n) is 4.58. The Kier molecular flexibility index (Phi) is 3.91. The van der Waals surface area contributed by atoms with Gasteiger partial charge in [0.2, 0.25) is 5.91 Å². The number of H-pyrrole nitrogens is 1. The minimum Gasteiger partial charge on any atom is -0.378 e. The quantitative estimate of drug-likeness (QED) is 0.589. The van der Waals surface area contributed by atoms with E-state index in [4.69, 9.17) is 17.3 Å². The minimum atomic E-state index is -0.277. The summed E-state index contributed by atoms with van der Waals surface area (Å²) < 4.78 is 0. The molecule has 2 aromatic heterocycles. The first-order chi connectivity index (χ1) is 13.5. The lowest BCUT2D eigenvalue weighted by Gasteiger charge is -2.28. The molecule has 142 valence electrons. The number of benzene rings is 1. The first kappa shape index (κ1) is 17.3. The standard InChI is InChI=1S/C21H20ClN5O/c1-10-3-2-4-13(7-10)20-26-18-17(14(22)9-24-21(18)27-20)25-16-12-6-5-11(8-12)15(16)19(23)28/h2-7,9,11-12,15-16H,8H2,1H3,(H2,23,28)(H2,24,25,26,27)/t11-,12+,15+,16-/m1/s1. The molecule has 3 aromatic rings. The normalized spacial score (nSPS) is 25.5. The molecule has 4 atom stereocenters. The number of aromatic nitrogens is 3. The molecule has 7 heteroatoms. The summed E-state index contributed by atoms with van der Waals surface area (Å²) in [7, 11) is 0. The van der Waals surface area contributed by atoms with Crippen molar-refractivity contribution >= 4 is 34.4 Å². The predicted octanol–water partition coefficient (Wildman–Crippen LogP) is 3.67. The van der Waals surface area contributed by atoms with Crippen LogP contribution in [0.2, 0.25) is 5.02 Å². The lowest BCUT2D eigenvalue weighted by molar-refractivity contribution is -0.122. The molecule has 0 radical (unpaired) electrons. The molecule has 0 aliphatic heterocycles. The van der Waals surface area contributed by atoms with Crippen LogP contribution in [0.1, 0.15) is 12.0 Å². The number of carbonyl (C=O) groups excluding carboxylic acids is 1. The van der Waals surface area contributed by atoms with Crippen molar-refractivity contribution in [3.8, 4) is 11.4 Å². The molecule has 6 nitrogen and oxygen atoms in total. The average Bonchev–Trinajstić information content (AvgIpc) is 3.38. The van der Waals surface area contributed by atoms with E-state index in [0.29, 0.717) is 10.7 Å². The number of hydrogen-bond donors (Lipinski definition) is 3. The van der Waals surface area contributed by atoms with Crippen molar-refractivity contribution in [2.45, 2.75) is 19.4 Å². The Hall–Kier alpha value is -2.86. The van der Waals surface area contributed by atoms with E-state index in [0.717, 1.165) is 34.6 Å². The molecule has 2 bridgehead atoms. The van der Waals surface area contributed by atoms with Crippen molar-refractivity contribution in [3.63, 3.8) is 0 Å². The van der Waals surface area contributed by atoms with E-state index in [2.05, 4.69) is 38.5 Å².